The summed E-state index contributed by atoms with van der Waals surface area (Å²) < 4.78 is 8.17. The van der Waals surface area contributed by atoms with Crippen LogP contribution in [0.3, 0.4) is 0 Å². The fourth-order valence-electron chi connectivity index (χ4n) is 11.9. The summed E-state index contributed by atoms with van der Waals surface area (Å²) >= 11 is 3.94. The lowest BCUT2D eigenvalue weighted by molar-refractivity contribution is 0.332. The fraction of sp³-hybridized carbons (Fsp3) is 0.276. The van der Waals surface area contributed by atoms with E-state index in [2.05, 4.69) is 194 Å². The van der Waals surface area contributed by atoms with Crippen LogP contribution in [0.4, 0.5) is 11.4 Å². The SMILES string of the molecule is CC(C)(C)c1ccc(N2B3c4cc5c(cc4-n4c6ccc(C(C)(C)C)cc6c6c7c(sc8ccccc87)c(c3c64)-c3cc4c(cc32)C(C)(C)CCC4(C)C)sc2ccccc25)cc1. The molecule has 10 aromatic rings. The Balaban J connectivity index is 1.29. The summed E-state index contributed by atoms with van der Waals surface area (Å²) in [6.07, 6.45) is 2.36. The minimum absolute atomic E-state index is 0.00510. The van der Waals surface area contributed by atoms with E-state index in [-0.39, 0.29) is 28.5 Å². The minimum Gasteiger partial charge on any atom is -0.376 e. The van der Waals surface area contributed by atoms with Crippen LogP contribution >= 0.6 is 22.7 Å². The van der Waals surface area contributed by atoms with Crippen LogP contribution in [0.25, 0.3) is 79.0 Å². The van der Waals surface area contributed by atoms with Gasteiger partial charge in [0.05, 0.1) is 11.0 Å². The van der Waals surface area contributed by atoms with Gasteiger partial charge in [0.1, 0.15) is 0 Å². The van der Waals surface area contributed by atoms with Gasteiger partial charge in [-0.3, -0.25) is 0 Å². The van der Waals surface area contributed by atoms with Gasteiger partial charge in [0.25, 0.3) is 0 Å². The van der Waals surface area contributed by atoms with E-state index < -0.39 is 0 Å². The van der Waals surface area contributed by atoms with Gasteiger partial charge in [-0.15, -0.1) is 22.7 Å². The zero-order valence-electron chi connectivity index (χ0n) is 38.2. The summed E-state index contributed by atoms with van der Waals surface area (Å²) in [4.78, 5) is 2.78. The summed E-state index contributed by atoms with van der Waals surface area (Å²) in [7, 11) is 0. The predicted molar refractivity (Wildman–Crippen MR) is 278 cm³/mol. The third-order valence-corrected chi connectivity index (χ3v) is 17.9. The Bertz CT molecular complexity index is 3650. The highest BCUT2D eigenvalue weighted by molar-refractivity contribution is 7.27. The zero-order valence-corrected chi connectivity index (χ0v) is 39.8. The Morgan fingerprint density at radius 1 is 0.556 bits per heavy atom. The normalized spacial score (nSPS) is 16.5. The third-order valence-electron chi connectivity index (χ3n) is 15.5. The van der Waals surface area contributed by atoms with Crippen LogP contribution in [-0.4, -0.2) is 11.4 Å². The van der Waals surface area contributed by atoms with Gasteiger partial charge in [-0.1, -0.05) is 130 Å². The van der Waals surface area contributed by atoms with Crippen molar-refractivity contribution in [2.75, 3.05) is 4.81 Å². The Morgan fingerprint density at radius 3 is 1.89 bits per heavy atom. The van der Waals surface area contributed by atoms with E-state index in [1.165, 1.54) is 136 Å². The highest BCUT2D eigenvalue weighted by Gasteiger charge is 2.48. The maximum absolute atomic E-state index is 2.78. The molecule has 3 aliphatic rings. The number of nitrogens with zero attached hydrogens (tertiary/aromatic N) is 2. The van der Waals surface area contributed by atoms with E-state index in [0.29, 0.717) is 0 Å². The molecule has 0 spiro atoms. The molecule has 1 aliphatic carbocycles. The van der Waals surface area contributed by atoms with Crippen molar-refractivity contribution in [3.8, 4) is 16.8 Å². The zero-order chi connectivity index (χ0) is 43.3. The lowest BCUT2D eigenvalue weighted by atomic mass is 9.43. The summed E-state index contributed by atoms with van der Waals surface area (Å²) in [5.41, 5.74) is 18.1. The maximum atomic E-state index is 2.78. The number of benzene rings is 7. The lowest BCUT2D eigenvalue weighted by Gasteiger charge is -2.46. The van der Waals surface area contributed by atoms with Crippen LogP contribution < -0.4 is 15.7 Å². The number of anilines is 2. The first-order valence-corrected chi connectivity index (χ1v) is 24.6. The second-order valence-corrected chi connectivity index (χ2v) is 24.5. The van der Waals surface area contributed by atoms with E-state index in [0.717, 1.165) is 0 Å². The first-order chi connectivity index (χ1) is 30.0. The molecule has 3 aromatic heterocycles. The number of rotatable bonds is 1. The van der Waals surface area contributed by atoms with Crippen LogP contribution in [0, 0.1) is 0 Å². The van der Waals surface area contributed by atoms with Crippen molar-refractivity contribution in [2.24, 2.45) is 0 Å². The second kappa shape index (κ2) is 12.3. The van der Waals surface area contributed by atoms with Crippen molar-refractivity contribution in [1.82, 2.24) is 4.57 Å². The Hall–Kier alpha value is -5.36. The summed E-state index contributed by atoms with van der Waals surface area (Å²) in [5, 5.41) is 8.24. The molecule has 7 aromatic carbocycles. The van der Waals surface area contributed by atoms with Crippen LogP contribution in [0.1, 0.15) is 104 Å². The largest absolute Gasteiger partial charge is 0.376 e. The molecular weight excluding hydrogens is 800 g/mol. The first-order valence-electron chi connectivity index (χ1n) is 23.0. The van der Waals surface area contributed by atoms with E-state index in [1.54, 1.807) is 0 Å². The monoisotopic (exact) mass is 852 g/mol. The van der Waals surface area contributed by atoms with Crippen molar-refractivity contribution >= 4 is 114 Å². The quantitative estimate of drug-likeness (QED) is 0.149. The molecule has 2 nitrogen and oxygen atoms in total. The van der Waals surface area contributed by atoms with Gasteiger partial charge < -0.3 is 9.38 Å². The molecule has 0 radical (unpaired) electrons. The fourth-order valence-corrected chi connectivity index (χ4v) is 14.3. The molecule has 5 heterocycles. The molecule has 13 rings (SSSR count). The van der Waals surface area contributed by atoms with E-state index in [4.69, 9.17) is 0 Å². The third kappa shape index (κ3) is 5.07. The molecule has 0 atom stereocenters. The number of aromatic nitrogens is 1. The van der Waals surface area contributed by atoms with E-state index in [1.807, 2.05) is 22.7 Å². The highest BCUT2D eigenvalue weighted by Crippen LogP contribution is 2.56. The van der Waals surface area contributed by atoms with Crippen LogP contribution in [0.5, 0.6) is 0 Å². The van der Waals surface area contributed by atoms with Crippen molar-refractivity contribution in [2.45, 2.75) is 104 Å². The topological polar surface area (TPSA) is 8.17 Å². The predicted octanol–water partition coefficient (Wildman–Crippen LogP) is 15.7. The molecule has 0 saturated heterocycles. The van der Waals surface area contributed by atoms with E-state index in [9.17, 15) is 0 Å². The minimum atomic E-state index is -0.0557. The molecule has 0 fully saturated rings. The number of fused-ring (bicyclic) bond motifs is 17. The summed E-state index contributed by atoms with van der Waals surface area (Å²) in [6.45, 7) is 23.9. The molecule has 0 unspecified atom stereocenters. The Labute approximate surface area is 379 Å². The van der Waals surface area contributed by atoms with Gasteiger partial charge in [0, 0.05) is 79.3 Å². The lowest BCUT2D eigenvalue weighted by Crippen LogP contribution is -2.60. The van der Waals surface area contributed by atoms with Gasteiger partial charge in [-0.05, 0) is 122 Å². The Morgan fingerprint density at radius 2 is 1.19 bits per heavy atom. The second-order valence-electron chi connectivity index (χ2n) is 22.4. The smallest absolute Gasteiger partial charge is 0.333 e. The number of thiophene rings is 2. The van der Waals surface area contributed by atoms with Gasteiger partial charge in [0.2, 0.25) is 0 Å². The van der Waals surface area contributed by atoms with Crippen molar-refractivity contribution < 1.29 is 0 Å². The molecule has 2 aliphatic heterocycles. The van der Waals surface area contributed by atoms with Crippen molar-refractivity contribution in [1.29, 1.82) is 0 Å². The summed E-state index contributed by atoms with van der Waals surface area (Å²) in [5.74, 6) is 0. The molecular formula is C58H53BN2S2. The highest BCUT2D eigenvalue weighted by atomic mass is 32.1. The van der Waals surface area contributed by atoms with Crippen molar-refractivity contribution in [3.63, 3.8) is 0 Å². The molecule has 0 N–H and O–H groups in total. The van der Waals surface area contributed by atoms with Gasteiger partial charge in [-0.25, -0.2) is 0 Å². The van der Waals surface area contributed by atoms with Crippen LogP contribution in [0.15, 0.2) is 115 Å². The number of hydrogen-bond donors (Lipinski definition) is 0. The van der Waals surface area contributed by atoms with Gasteiger partial charge in [-0.2, -0.15) is 0 Å². The maximum Gasteiger partial charge on any atom is 0.333 e. The van der Waals surface area contributed by atoms with Crippen LogP contribution in [0.2, 0.25) is 0 Å². The average molecular weight is 853 g/mol. The molecule has 0 bridgehead atoms. The average Bonchev–Trinajstić information content (AvgIpc) is 3.92. The summed E-state index contributed by atoms with van der Waals surface area (Å²) in [6, 6.07) is 45.8. The first kappa shape index (κ1) is 38.1. The van der Waals surface area contributed by atoms with Crippen LogP contribution in [-0.2, 0) is 21.7 Å². The van der Waals surface area contributed by atoms with Gasteiger partial charge >= 0.3 is 6.85 Å². The Kier molecular flexibility index (Phi) is 7.42. The standard InChI is InChI=1S/C58H53BN2S2/c1-55(2,3)32-19-22-34(23-20-32)61-44-30-41-40(57(7,8)25-26-58(41,9)10)28-39(44)51-52-53-49(50-36-16-12-14-18-47(36)63-54(50)51)38-27-33(56(4,5)6)21-24-43(38)60(53)45-31-48-37(29-42(45)59(52)61)35-15-11-13-17-46(35)62-48/h11-24,27-31H,25-26H2,1-10H3. The molecule has 0 amide bonds. The van der Waals surface area contributed by atoms with Crippen molar-refractivity contribution in [3.05, 3.63) is 138 Å². The molecule has 63 heavy (non-hydrogen) atoms. The van der Waals surface area contributed by atoms with E-state index >= 15 is 0 Å². The molecule has 0 saturated carbocycles. The molecule has 310 valence electrons. The molecule has 5 heteroatoms. The number of hydrogen-bond acceptors (Lipinski definition) is 3. The van der Waals surface area contributed by atoms with Gasteiger partial charge in [0.15, 0.2) is 0 Å².